The first-order valence-electron chi connectivity index (χ1n) is 4.96. The van der Waals surface area contributed by atoms with E-state index >= 15 is 0 Å². The van der Waals surface area contributed by atoms with E-state index in [2.05, 4.69) is 4.98 Å². The highest BCUT2D eigenvalue weighted by atomic mass is 16.5. The summed E-state index contributed by atoms with van der Waals surface area (Å²) in [5.74, 6) is 0.890. The van der Waals surface area contributed by atoms with Crippen LogP contribution in [0.5, 0.6) is 5.75 Å². The molecule has 0 aliphatic heterocycles. The van der Waals surface area contributed by atoms with Gasteiger partial charge in [-0.25, -0.2) is 0 Å². The first kappa shape index (κ1) is 9.93. The highest BCUT2D eigenvalue weighted by Crippen LogP contribution is 2.27. The summed E-state index contributed by atoms with van der Waals surface area (Å²) >= 11 is 0. The van der Waals surface area contributed by atoms with Gasteiger partial charge in [0.25, 0.3) is 0 Å². The van der Waals surface area contributed by atoms with Gasteiger partial charge in [-0.3, -0.25) is 4.98 Å². The van der Waals surface area contributed by atoms with Crippen molar-refractivity contribution < 1.29 is 4.74 Å². The van der Waals surface area contributed by atoms with Crippen LogP contribution in [0.1, 0.15) is 5.56 Å². The van der Waals surface area contributed by atoms with Gasteiger partial charge in [0, 0.05) is 23.3 Å². The minimum Gasteiger partial charge on any atom is -0.496 e. The fraction of sp³-hybridized carbons (Fsp3) is 0.250. The lowest BCUT2D eigenvalue weighted by Gasteiger charge is -2.10. The molecule has 0 atom stereocenters. The second kappa shape index (κ2) is 4.28. The second-order valence-corrected chi connectivity index (χ2v) is 3.38. The number of nitrogens with two attached hydrogens (primary N) is 1. The number of nitrogens with zero attached hydrogens (tertiary/aromatic N) is 1. The third kappa shape index (κ3) is 1.78. The number of benzene rings is 1. The summed E-state index contributed by atoms with van der Waals surface area (Å²) in [6.45, 7) is 0.615. The van der Waals surface area contributed by atoms with Crippen LogP contribution in [-0.2, 0) is 6.42 Å². The lowest BCUT2D eigenvalue weighted by molar-refractivity contribution is 0.410. The predicted octanol–water partition coefficient (Wildman–Crippen LogP) is 1.74. The van der Waals surface area contributed by atoms with E-state index in [1.54, 1.807) is 13.3 Å². The molecule has 0 spiro atoms. The number of hydrogen-bond donors (Lipinski definition) is 1. The normalized spacial score (nSPS) is 10.5. The molecule has 1 aromatic carbocycles. The van der Waals surface area contributed by atoms with Gasteiger partial charge in [-0.2, -0.15) is 0 Å². The van der Waals surface area contributed by atoms with Crippen LogP contribution in [0.3, 0.4) is 0 Å². The van der Waals surface area contributed by atoms with Gasteiger partial charge in [-0.15, -0.1) is 0 Å². The fourth-order valence-corrected chi connectivity index (χ4v) is 1.79. The zero-order valence-corrected chi connectivity index (χ0v) is 8.73. The first-order chi connectivity index (χ1) is 7.36. The van der Waals surface area contributed by atoms with E-state index in [0.717, 1.165) is 23.1 Å². The average molecular weight is 202 g/mol. The van der Waals surface area contributed by atoms with Crippen molar-refractivity contribution in [3.63, 3.8) is 0 Å². The Morgan fingerprint density at radius 2 is 2.20 bits per heavy atom. The third-order valence-electron chi connectivity index (χ3n) is 2.51. The number of pyridine rings is 1. The molecule has 2 N–H and O–H groups in total. The Balaban J connectivity index is 2.67. The van der Waals surface area contributed by atoms with Crippen molar-refractivity contribution in [2.24, 2.45) is 5.73 Å². The quantitative estimate of drug-likeness (QED) is 0.824. The molecule has 1 heterocycles. The molecule has 0 amide bonds. The lowest BCUT2D eigenvalue weighted by Crippen LogP contribution is -2.05. The molecule has 0 saturated carbocycles. The van der Waals surface area contributed by atoms with E-state index in [4.69, 9.17) is 10.5 Å². The van der Waals surface area contributed by atoms with Crippen molar-refractivity contribution in [2.45, 2.75) is 6.42 Å². The summed E-state index contributed by atoms with van der Waals surface area (Å²) in [7, 11) is 1.68. The monoisotopic (exact) mass is 202 g/mol. The van der Waals surface area contributed by atoms with E-state index in [9.17, 15) is 0 Å². The molecule has 0 saturated heterocycles. The molecule has 0 fully saturated rings. The van der Waals surface area contributed by atoms with Crippen LogP contribution in [0.2, 0.25) is 0 Å². The minimum absolute atomic E-state index is 0.615. The summed E-state index contributed by atoms with van der Waals surface area (Å²) in [6.07, 6.45) is 4.47. The van der Waals surface area contributed by atoms with Gasteiger partial charge in [0.2, 0.25) is 0 Å². The zero-order chi connectivity index (χ0) is 10.7. The van der Waals surface area contributed by atoms with Crippen molar-refractivity contribution in [1.29, 1.82) is 0 Å². The lowest BCUT2D eigenvalue weighted by atomic mass is 10.0. The number of aromatic nitrogens is 1. The standard InChI is InChI=1S/C12H14N2O/c1-15-12-3-2-9-5-7-14-8-11(9)10(12)4-6-13/h2-3,5,7-8H,4,6,13H2,1H3. The molecule has 3 heteroatoms. The highest BCUT2D eigenvalue weighted by Gasteiger charge is 2.06. The summed E-state index contributed by atoms with van der Waals surface area (Å²) in [6, 6.07) is 6.01. The molecule has 78 valence electrons. The Bertz CT molecular complexity index is 468. The number of rotatable bonds is 3. The van der Waals surface area contributed by atoms with E-state index in [1.807, 2.05) is 24.4 Å². The summed E-state index contributed by atoms with van der Waals surface area (Å²) in [4.78, 5) is 4.13. The number of methoxy groups -OCH3 is 1. The molecule has 0 unspecified atom stereocenters. The molecule has 1 aromatic heterocycles. The maximum absolute atomic E-state index is 5.60. The molecule has 0 aliphatic rings. The van der Waals surface area contributed by atoms with E-state index < -0.39 is 0 Å². The van der Waals surface area contributed by atoms with Gasteiger partial charge in [0.15, 0.2) is 0 Å². The van der Waals surface area contributed by atoms with Crippen LogP contribution in [-0.4, -0.2) is 18.6 Å². The maximum atomic E-state index is 5.60. The first-order valence-corrected chi connectivity index (χ1v) is 4.96. The fourth-order valence-electron chi connectivity index (χ4n) is 1.79. The van der Waals surface area contributed by atoms with Crippen LogP contribution in [0.25, 0.3) is 10.8 Å². The number of fused-ring (bicyclic) bond motifs is 1. The number of hydrogen-bond acceptors (Lipinski definition) is 3. The van der Waals surface area contributed by atoms with Crippen LogP contribution in [0.4, 0.5) is 0 Å². The molecule has 15 heavy (non-hydrogen) atoms. The van der Waals surface area contributed by atoms with Crippen molar-refractivity contribution in [3.8, 4) is 5.75 Å². The molecule has 2 aromatic rings. The Morgan fingerprint density at radius 1 is 1.33 bits per heavy atom. The number of ether oxygens (including phenoxy) is 1. The molecule has 2 rings (SSSR count). The van der Waals surface area contributed by atoms with Gasteiger partial charge in [-0.1, -0.05) is 6.07 Å². The van der Waals surface area contributed by atoms with E-state index in [-0.39, 0.29) is 0 Å². The van der Waals surface area contributed by atoms with Crippen LogP contribution in [0.15, 0.2) is 30.6 Å². The SMILES string of the molecule is COc1ccc2ccncc2c1CCN. The van der Waals surface area contributed by atoms with Crippen molar-refractivity contribution in [2.75, 3.05) is 13.7 Å². The van der Waals surface area contributed by atoms with Crippen molar-refractivity contribution >= 4 is 10.8 Å². The smallest absolute Gasteiger partial charge is 0.122 e. The molecular weight excluding hydrogens is 188 g/mol. The molecule has 3 nitrogen and oxygen atoms in total. The predicted molar refractivity (Wildman–Crippen MR) is 61.1 cm³/mol. The Hall–Kier alpha value is -1.61. The minimum atomic E-state index is 0.615. The van der Waals surface area contributed by atoms with Gasteiger partial charge in [0.05, 0.1) is 7.11 Å². The van der Waals surface area contributed by atoms with Crippen molar-refractivity contribution in [1.82, 2.24) is 4.98 Å². The Morgan fingerprint density at radius 3 is 2.93 bits per heavy atom. The van der Waals surface area contributed by atoms with Crippen LogP contribution >= 0.6 is 0 Å². The van der Waals surface area contributed by atoms with Gasteiger partial charge in [-0.05, 0) is 30.5 Å². The second-order valence-electron chi connectivity index (χ2n) is 3.38. The molecule has 0 bridgehead atoms. The largest absolute Gasteiger partial charge is 0.496 e. The van der Waals surface area contributed by atoms with Gasteiger partial charge in [0.1, 0.15) is 5.75 Å². The summed E-state index contributed by atoms with van der Waals surface area (Å²) in [5, 5.41) is 2.30. The summed E-state index contributed by atoms with van der Waals surface area (Å²) < 4.78 is 5.32. The highest BCUT2D eigenvalue weighted by molar-refractivity contribution is 5.86. The zero-order valence-electron chi connectivity index (χ0n) is 8.73. The topological polar surface area (TPSA) is 48.1 Å². The Labute approximate surface area is 88.9 Å². The van der Waals surface area contributed by atoms with E-state index in [0.29, 0.717) is 6.54 Å². The van der Waals surface area contributed by atoms with Crippen LogP contribution in [0, 0.1) is 0 Å². The van der Waals surface area contributed by atoms with Crippen LogP contribution < -0.4 is 10.5 Å². The average Bonchev–Trinajstić information content (AvgIpc) is 2.30. The van der Waals surface area contributed by atoms with E-state index in [1.165, 1.54) is 5.39 Å². The molecule has 0 aliphatic carbocycles. The third-order valence-corrected chi connectivity index (χ3v) is 2.51. The Kier molecular flexibility index (Phi) is 2.83. The van der Waals surface area contributed by atoms with Crippen molar-refractivity contribution in [3.05, 3.63) is 36.2 Å². The maximum Gasteiger partial charge on any atom is 0.122 e. The summed E-state index contributed by atoms with van der Waals surface area (Å²) in [5.41, 5.74) is 6.74. The van der Waals surface area contributed by atoms with Gasteiger partial charge >= 0.3 is 0 Å². The molecular formula is C12H14N2O. The van der Waals surface area contributed by atoms with Gasteiger partial charge < -0.3 is 10.5 Å². The molecule has 0 radical (unpaired) electrons.